The molecule has 0 saturated carbocycles. The number of piperidine rings is 1. The molecule has 21 heavy (non-hydrogen) atoms. The van der Waals surface area contributed by atoms with Crippen molar-refractivity contribution in [2.45, 2.75) is 44.4 Å². The Bertz CT molecular complexity index is 397. The van der Waals surface area contributed by atoms with Crippen molar-refractivity contribution >= 4 is 0 Å². The highest BCUT2D eigenvalue weighted by Crippen LogP contribution is 2.14. The molecular formula is C17H28N2O2. The Morgan fingerprint density at radius 3 is 2.86 bits per heavy atom. The van der Waals surface area contributed by atoms with Crippen molar-refractivity contribution < 1.29 is 9.84 Å². The maximum atomic E-state index is 10.3. The fourth-order valence-electron chi connectivity index (χ4n) is 2.97. The van der Waals surface area contributed by atoms with Gasteiger partial charge in [0.15, 0.2) is 0 Å². The van der Waals surface area contributed by atoms with E-state index in [1.54, 1.807) is 0 Å². The van der Waals surface area contributed by atoms with E-state index in [0.717, 1.165) is 32.5 Å². The van der Waals surface area contributed by atoms with Crippen LogP contribution in [0.2, 0.25) is 0 Å². The predicted molar refractivity (Wildman–Crippen MR) is 85.2 cm³/mol. The van der Waals surface area contributed by atoms with E-state index in [1.807, 2.05) is 25.1 Å². The molecule has 1 heterocycles. The minimum absolute atomic E-state index is 0.222. The Kier molecular flexibility index (Phi) is 6.64. The number of nitrogens with two attached hydrogens (primary N) is 1. The number of β-amino-alcohol motifs (C(OH)–C–C–N with tert-alkyl or cyclic N) is 1. The summed E-state index contributed by atoms with van der Waals surface area (Å²) < 4.78 is 5.70. The zero-order valence-corrected chi connectivity index (χ0v) is 12.9. The molecule has 1 aliphatic heterocycles. The van der Waals surface area contributed by atoms with Gasteiger partial charge in [0.2, 0.25) is 0 Å². The van der Waals surface area contributed by atoms with Gasteiger partial charge in [-0.2, -0.15) is 0 Å². The second kappa shape index (κ2) is 8.49. The molecule has 0 radical (unpaired) electrons. The van der Waals surface area contributed by atoms with Crippen molar-refractivity contribution in [3.8, 4) is 0 Å². The van der Waals surface area contributed by atoms with E-state index in [0.29, 0.717) is 19.1 Å². The fraction of sp³-hybridized carbons (Fsp3) is 0.647. The number of rotatable bonds is 7. The summed E-state index contributed by atoms with van der Waals surface area (Å²) in [6.07, 6.45) is 2.78. The SMILES string of the molecule is CCOC1CCCN(CC(O)C(N)Cc2ccccc2)C1. The molecule has 1 saturated heterocycles. The lowest BCUT2D eigenvalue weighted by atomic mass is 10.0. The Labute approximate surface area is 127 Å². The average Bonchev–Trinajstić information content (AvgIpc) is 2.49. The lowest BCUT2D eigenvalue weighted by molar-refractivity contribution is -0.00962. The van der Waals surface area contributed by atoms with Crippen LogP contribution in [-0.2, 0) is 11.2 Å². The van der Waals surface area contributed by atoms with Gasteiger partial charge < -0.3 is 15.6 Å². The molecule has 3 unspecified atom stereocenters. The Morgan fingerprint density at radius 1 is 1.38 bits per heavy atom. The van der Waals surface area contributed by atoms with Gasteiger partial charge in [0.05, 0.1) is 12.2 Å². The highest BCUT2D eigenvalue weighted by atomic mass is 16.5. The molecule has 118 valence electrons. The zero-order valence-electron chi connectivity index (χ0n) is 12.9. The van der Waals surface area contributed by atoms with Gasteiger partial charge in [-0.25, -0.2) is 0 Å². The number of aliphatic hydroxyl groups is 1. The molecular weight excluding hydrogens is 264 g/mol. The van der Waals surface area contributed by atoms with E-state index < -0.39 is 6.10 Å². The van der Waals surface area contributed by atoms with Crippen LogP contribution >= 0.6 is 0 Å². The third-order valence-electron chi connectivity index (χ3n) is 4.12. The largest absolute Gasteiger partial charge is 0.390 e. The van der Waals surface area contributed by atoms with E-state index in [9.17, 15) is 5.11 Å². The lowest BCUT2D eigenvalue weighted by Crippen LogP contribution is -2.48. The van der Waals surface area contributed by atoms with E-state index in [2.05, 4.69) is 17.0 Å². The molecule has 1 aliphatic rings. The molecule has 0 spiro atoms. The highest BCUT2D eigenvalue weighted by molar-refractivity contribution is 5.16. The van der Waals surface area contributed by atoms with Gasteiger partial charge >= 0.3 is 0 Å². The van der Waals surface area contributed by atoms with Crippen LogP contribution in [0.5, 0.6) is 0 Å². The van der Waals surface area contributed by atoms with Gasteiger partial charge in [-0.3, -0.25) is 4.90 Å². The summed E-state index contributed by atoms with van der Waals surface area (Å²) in [6.45, 7) is 5.36. The van der Waals surface area contributed by atoms with Crippen LogP contribution in [0.4, 0.5) is 0 Å². The molecule has 3 N–H and O–H groups in total. The standard InChI is InChI=1S/C17H28N2O2/c1-2-21-15-9-6-10-19(12-15)13-17(20)16(18)11-14-7-4-3-5-8-14/h3-5,7-8,15-17,20H,2,6,9-13,18H2,1H3. The van der Waals surface area contributed by atoms with Crippen LogP contribution in [0, 0.1) is 0 Å². The van der Waals surface area contributed by atoms with Gasteiger partial charge in [0.25, 0.3) is 0 Å². The number of benzene rings is 1. The normalized spacial score (nSPS) is 22.9. The third kappa shape index (κ3) is 5.40. The van der Waals surface area contributed by atoms with E-state index in [4.69, 9.17) is 10.5 Å². The van der Waals surface area contributed by atoms with Crippen molar-refractivity contribution in [1.82, 2.24) is 4.90 Å². The molecule has 1 aromatic carbocycles. The fourth-order valence-corrected chi connectivity index (χ4v) is 2.97. The van der Waals surface area contributed by atoms with Crippen LogP contribution in [0.1, 0.15) is 25.3 Å². The first-order valence-corrected chi connectivity index (χ1v) is 8.00. The first kappa shape index (κ1) is 16.4. The number of aliphatic hydroxyl groups excluding tert-OH is 1. The van der Waals surface area contributed by atoms with Gasteiger partial charge in [-0.05, 0) is 38.3 Å². The van der Waals surface area contributed by atoms with Gasteiger partial charge in [0, 0.05) is 25.7 Å². The summed E-state index contributed by atoms with van der Waals surface area (Å²) in [7, 11) is 0. The second-order valence-electron chi connectivity index (χ2n) is 5.90. The van der Waals surface area contributed by atoms with Crippen molar-refractivity contribution in [3.05, 3.63) is 35.9 Å². The zero-order chi connectivity index (χ0) is 15.1. The van der Waals surface area contributed by atoms with Crippen LogP contribution in [0.3, 0.4) is 0 Å². The van der Waals surface area contributed by atoms with Crippen LogP contribution < -0.4 is 5.73 Å². The number of ether oxygens (including phenoxy) is 1. The minimum Gasteiger partial charge on any atom is -0.390 e. The van der Waals surface area contributed by atoms with E-state index in [1.165, 1.54) is 5.56 Å². The van der Waals surface area contributed by atoms with Crippen molar-refractivity contribution in [2.75, 3.05) is 26.2 Å². The average molecular weight is 292 g/mol. The summed E-state index contributed by atoms with van der Waals surface area (Å²) in [4.78, 5) is 2.28. The first-order valence-electron chi connectivity index (χ1n) is 8.00. The maximum Gasteiger partial charge on any atom is 0.0820 e. The first-order chi connectivity index (χ1) is 10.2. The topological polar surface area (TPSA) is 58.7 Å². The molecule has 0 bridgehead atoms. The van der Waals surface area contributed by atoms with Crippen LogP contribution in [-0.4, -0.2) is 54.5 Å². The molecule has 4 heteroatoms. The summed E-state index contributed by atoms with van der Waals surface area (Å²) in [5, 5.41) is 10.3. The summed E-state index contributed by atoms with van der Waals surface area (Å²) in [5.41, 5.74) is 7.33. The molecule has 4 nitrogen and oxygen atoms in total. The third-order valence-corrected chi connectivity index (χ3v) is 4.12. The second-order valence-corrected chi connectivity index (χ2v) is 5.90. The highest BCUT2D eigenvalue weighted by Gasteiger charge is 2.24. The monoisotopic (exact) mass is 292 g/mol. The number of nitrogens with zero attached hydrogens (tertiary/aromatic N) is 1. The smallest absolute Gasteiger partial charge is 0.0820 e. The molecule has 1 fully saturated rings. The molecule has 3 atom stereocenters. The van der Waals surface area contributed by atoms with E-state index in [-0.39, 0.29) is 6.04 Å². The molecule has 0 aliphatic carbocycles. The Hall–Kier alpha value is -0.940. The minimum atomic E-state index is -0.495. The van der Waals surface area contributed by atoms with Crippen molar-refractivity contribution in [2.24, 2.45) is 5.73 Å². The molecule has 1 aromatic rings. The predicted octanol–water partition coefficient (Wildman–Crippen LogP) is 1.42. The van der Waals surface area contributed by atoms with E-state index >= 15 is 0 Å². The summed E-state index contributed by atoms with van der Waals surface area (Å²) >= 11 is 0. The number of hydrogen-bond donors (Lipinski definition) is 2. The molecule has 2 rings (SSSR count). The number of hydrogen-bond acceptors (Lipinski definition) is 4. The lowest BCUT2D eigenvalue weighted by Gasteiger charge is -2.34. The van der Waals surface area contributed by atoms with Gasteiger partial charge in [0.1, 0.15) is 0 Å². The molecule has 0 aromatic heterocycles. The van der Waals surface area contributed by atoms with Crippen molar-refractivity contribution in [1.29, 1.82) is 0 Å². The van der Waals surface area contributed by atoms with Crippen LogP contribution in [0.15, 0.2) is 30.3 Å². The van der Waals surface area contributed by atoms with Gasteiger partial charge in [-0.1, -0.05) is 30.3 Å². The van der Waals surface area contributed by atoms with Crippen molar-refractivity contribution in [3.63, 3.8) is 0 Å². The summed E-state index contributed by atoms with van der Waals surface area (Å²) in [5.74, 6) is 0. The quantitative estimate of drug-likeness (QED) is 0.798. The Balaban J connectivity index is 1.78. The maximum absolute atomic E-state index is 10.3. The van der Waals surface area contributed by atoms with Gasteiger partial charge in [-0.15, -0.1) is 0 Å². The summed E-state index contributed by atoms with van der Waals surface area (Å²) in [6, 6.07) is 9.89. The Morgan fingerprint density at radius 2 is 2.14 bits per heavy atom. The number of likely N-dealkylation sites (tertiary alicyclic amines) is 1. The molecule has 0 amide bonds. The van der Waals surface area contributed by atoms with Crippen LogP contribution in [0.25, 0.3) is 0 Å².